The van der Waals surface area contributed by atoms with Gasteiger partial charge in [-0.1, -0.05) is 37.3 Å². The predicted molar refractivity (Wildman–Crippen MR) is 197 cm³/mol. The number of carbonyl (C=O) groups excluding carboxylic acids is 2. The molecule has 3 aromatic rings. The lowest BCUT2D eigenvalue weighted by Gasteiger charge is -2.43. The summed E-state index contributed by atoms with van der Waals surface area (Å²) in [6.07, 6.45) is 5.85. The molecule has 1 aromatic heterocycles. The summed E-state index contributed by atoms with van der Waals surface area (Å²) in [5.74, 6) is -0.681. The number of rotatable bonds is 18. The zero-order chi connectivity index (χ0) is 37.6. The number of aromatic nitrogens is 3. The van der Waals surface area contributed by atoms with Crippen molar-refractivity contribution in [1.82, 2.24) is 20.3 Å². The standard InChI is InChI=1S/C39H52N6O8/c1-27-28(2)37(52-29(3)46)39(48-4)53-36(27)25-45-24-34(42-43-45)26-51-19-18-50-17-16-49-15-12-41-38(47)33(23-40)21-30-8-9-32-22-35(11-10-31(32)20-30)44-13-6-5-7-14-44/h8-11,20-22,24,27-28,36-37,39H,5-7,12-19,25-26H2,1-4H3,(H,41,47)/b33-21+. The molecule has 0 saturated carbocycles. The van der Waals surface area contributed by atoms with Gasteiger partial charge in [-0.3, -0.25) is 9.59 Å². The molecule has 5 rings (SSSR count). The second kappa shape index (κ2) is 20.2. The van der Waals surface area contributed by atoms with Crippen LogP contribution in [0.4, 0.5) is 5.69 Å². The summed E-state index contributed by atoms with van der Waals surface area (Å²) in [5, 5.41) is 23.0. The molecule has 53 heavy (non-hydrogen) atoms. The second-order valence-electron chi connectivity index (χ2n) is 13.5. The van der Waals surface area contributed by atoms with Gasteiger partial charge in [0.15, 0.2) is 12.4 Å². The van der Waals surface area contributed by atoms with Crippen LogP contribution in [-0.4, -0.2) is 105 Å². The van der Waals surface area contributed by atoms with Gasteiger partial charge >= 0.3 is 5.97 Å². The van der Waals surface area contributed by atoms with Crippen molar-refractivity contribution in [1.29, 1.82) is 5.26 Å². The molecule has 2 fully saturated rings. The van der Waals surface area contributed by atoms with Gasteiger partial charge in [-0.15, -0.1) is 5.10 Å². The van der Waals surface area contributed by atoms with Gasteiger partial charge in [0.2, 0.25) is 0 Å². The quantitative estimate of drug-likeness (QED) is 0.0858. The molecule has 2 aromatic carbocycles. The first-order valence-corrected chi connectivity index (χ1v) is 18.4. The number of hydrogen-bond donors (Lipinski definition) is 1. The zero-order valence-corrected chi connectivity index (χ0v) is 31.2. The van der Waals surface area contributed by atoms with Crippen LogP contribution in [0.5, 0.6) is 0 Å². The van der Waals surface area contributed by atoms with E-state index in [1.165, 1.54) is 39.0 Å². The number of fused-ring (bicyclic) bond motifs is 1. The van der Waals surface area contributed by atoms with Gasteiger partial charge in [-0.2, -0.15) is 5.26 Å². The maximum atomic E-state index is 12.6. The SMILES string of the molecule is COC1OC(Cn2cc(COCCOCCOCCNC(=O)/C(C#N)=C/c3ccc4cc(N5CCCCC5)ccc4c3)nn2)C(C)C(C)C1OC(C)=O. The Balaban J connectivity index is 0.922. The molecular weight excluding hydrogens is 680 g/mol. The van der Waals surface area contributed by atoms with Gasteiger partial charge in [-0.25, -0.2) is 4.68 Å². The number of piperidine rings is 1. The number of anilines is 1. The van der Waals surface area contributed by atoms with Crippen molar-refractivity contribution >= 4 is 34.4 Å². The average Bonchev–Trinajstić information content (AvgIpc) is 3.62. The predicted octanol–water partition coefficient (Wildman–Crippen LogP) is 4.27. The molecule has 14 heteroatoms. The molecular formula is C39H52N6O8. The molecule has 2 saturated heterocycles. The highest BCUT2D eigenvalue weighted by atomic mass is 16.7. The van der Waals surface area contributed by atoms with E-state index in [0.717, 1.165) is 29.4 Å². The highest BCUT2D eigenvalue weighted by molar-refractivity contribution is 6.02. The van der Waals surface area contributed by atoms with Crippen molar-refractivity contribution in [3.63, 3.8) is 0 Å². The Morgan fingerprint density at radius 3 is 2.43 bits per heavy atom. The summed E-state index contributed by atoms with van der Waals surface area (Å²) in [7, 11) is 1.54. The summed E-state index contributed by atoms with van der Waals surface area (Å²) in [6.45, 7) is 10.4. The Bertz CT molecular complexity index is 1720. The Morgan fingerprint density at radius 2 is 1.70 bits per heavy atom. The van der Waals surface area contributed by atoms with E-state index >= 15 is 0 Å². The van der Waals surface area contributed by atoms with Gasteiger partial charge in [-0.05, 0) is 65.8 Å². The topological polar surface area (TPSA) is 159 Å². The molecule has 0 aliphatic carbocycles. The van der Waals surface area contributed by atoms with Crippen molar-refractivity contribution in [2.24, 2.45) is 11.8 Å². The van der Waals surface area contributed by atoms with Crippen LogP contribution in [0.15, 0.2) is 48.2 Å². The van der Waals surface area contributed by atoms with Crippen molar-refractivity contribution in [2.75, 3.05) is 64.7 Å². The molecule has 1 amide bonds. The van der Waals surface area contributed by atoms with Crippen LogP contribution >= 0.6 is 0 Å². The van der Waals surface area contributed by atoms with E-state index in [4.69, 9.17) is 28.4 Å². The summed E-state index contributed by atoms with van der Waals surface area (Å²) >= 11 is 0. The third-order valence-electron chi connectivity index (χ3n) is 9.77. The molecule has 5 unspecified atom stereocenters. The Morgan fingerprint density at radius 1 is 0.981 bits per heavy atom. The van der Waals surface area contributed by atoms with Crippen LogP contribution in [0.3, 0.4) is 0 Å². The number of nitrogens with one attached hydrogen (secondary N) is 1. The Labute approximate surface area is 311 Å². The largest absolute Gasteiger partial charge is 0.457 e. The first-order chi connectivity index (χ1) is 25.7. The van der Waals surface area contributed by atoms with E-state index in [0.29, 0.717) is 38.7 Å². The molecule has 0 bridgehead atoms. The lowest BCUT2D eigenvalue weighted by molar-refractivity contribution is -0.269. The number of nitriles is 1. The van der Waals surface area contributed by atoms with E-state index in [1.807, 2.05) is 37.4 Å². The summed E-state index contributed by atoms with van der Waals surface area (Å²) in [4.78, 5) is 26.6. The van der Waals surface area contributed by atoms with Crippen molar-refractivity contribution < 1.29 is 38.0 Å². The van der Waals surface area contributed by atoms with Crippen molar-refractivity contribution in [2.45, 2.75) is 71.7 Å². The zero-order valence-electron chi connectivity index (χ0n) is 31.2. The number of carbonyl (C=O) groups is 2. The van der Waals surface area contributed by atoms with Gasteiger partial charge in [0, 0.05) is 45.3 Å². The summed E-state index contributed by atoms with van der Waals surface area (Å²) in [5.41, 5.74) is 2.76. The van der Waals surface area contributed by atoms with Crippen LogP contribution in [0.1, 0.15) is 51.3 Å². The molecule has 5 atom stereocenters. The van der Waals surface area contributed by atoms with Crippen LogP contribution in [0.25, 0.3) is 16.8 Å². The van der Waals surface area contributed by atoms with E-state index in [-0.39, 0.29) is 49.2 Å². The second-order valence-corrected chi connectivity index (χ2v) is 13.5. The summed E-state index contributed by atoms with van der Waals surface area (Å²) in [6, 6.07) is 14.4. The lowest BCUT2D eigenvalue weighted by atomic mass is 9.83. The van der Waals surface area contributed by atoms with E-state index in [1.54, 1.807) is 10.8 Å². The van der Waals surface area contributed by atoms with Crippen LogP contribution in [-0.2, 0) is 51.2 Å². The van der Waals surface area contributed by atoms with Crippen molar-refractivity contribution in [3.8, 4) is 6.07 Å². The molecule has 2 aliphatic heterocycles. The molecule has 0 radical (unpaired) electrons. The number of esters is 1. The minimum Gasteiger partial charge on any atom is -0.457 e. The number of hydrogen-bond acceptors (Lipinski definition) is 12. The van der Waals surface area contributed by atoms with E-state index in [9.17, 15) is 14.9 Å². The maximum Gasteiger partial charge on any atom is 0.303 e. The van der Waals surface area contributed by atoms with Gasteiger partial charge < -0.3 is 38.6 Å². The Hall–Kier alpha value is -4.39. The smallest absolute Gasteiger partial charge is 0.303 e. The first kappa shape index (κ1) is 39.8. The molecule has 14 nitrogen and oxygen atoms in total. The normalized spacial score (nSPS) is 22.1. The van der Waals surface area contributed by atoms with Gasteiger partial charge in [0.1, 0.15) is 17.3 Å². The number of amides is 1. The molecule has 286 valence electrons. The summed E-state index contributed by atoms with van der Waals surface area (Å²) < 4.78 is 35.6. The third-order valence-corrected chi connectivity index (χ3v) is 9.77. The monoisotopic (exact) mass is 732 g/mol. The van der Waals surface area contributed by atoms with Crippen molar-refractivity contribution in [3.05, 3.63) is 59.4 Å². The fraction of sp³-hybridized carbons (Fsp3) is 0.564. The number of methoxy groups -OCH3 is 1. The molecule has 1 N–H and O–H groups in total. The lowest BCUT2D eigenvalue weighted by Crippen LogP contribution is -2.52. The fourth-order valence-corrected chi connectivity index (χ4v) is 6.65. The van der Waals surface area contributed by atoms with Gasteiger partial charge in [0.05, 0.1) is 58.5 Å². The van der Waals surface area contributed by atoms with E-state index in [2.05, 4.69) is 45.7 Å². The average molecular weight is 733 g/mol. The number of benzene rings is 2. The van der Waals surface area contributed by atoms with Crippen LogP contribution in [0.2, 0.25) is 0 Å². The molecule has 3 heterocycles. The Kier molecular flexibility index (Phi) is 15.2. The van der Waals surface area contributed by atoms with Gasteiger partial charge in [0.25, 0.3) is 5.91 Å². The van der Waals surface area contributed by atoms with E-state index < -0.39 is 18.3 Å². The third kappa shape index (κ3) is 11.5. The highest BCUT2D eigenvalue weighted by Gasteiger charge is 2.43. The maximum absolute atomic E-state index is 12.6. The first-order valence-electron chi connectivity index (χ1n) is 18.4. The minimum absolute atomic E-state index is 0.0332. The minimum atomic E-state index is -0.654. The molecule has 0 spiro atoms. The number of nitrogens with zero attached hydrogens (tertiary/aromatic N) is 5. The van der Waals surface area contributed by atoms with Crippen LogP contribution in [0, 0.1) is 23.2 Å². The fourth-order valence-electron chi connectivity index (χ4n) is 6.65. The molecule has 2 aliphatic rings. The van der Waals surface area contributed by atoms with Crippen LogP contribution < -0.4 is 10.2 Å². The highest BCUT2D eigenvalue weighted by Crippen LogP contribution is 2.34. The number of ether oxygens (including phenoxy) is 6.